The molecule has 1 aromatic carbocycles. The molecule has 0 saturated carbocycles. The van der Waals surface area contributed by atoms with Gasteiger partial charge in [-0.15, -0.1) is 0 Å². The van der Waals surface area contributed by atoms with Crippen molar-refractivity contribution in [2.75, 3.05) is 0 Å². The topological polar surface area (TPSA) is 26.0 Å². The molecule has 0 fully saturated rings. The summed E-state index contributed by atoms with van der Waals surface area (Å²) in [7, 11) is 0. The molecule has 0 N–H and O–H groups in total. The van der Waals surface area contributed by atoms with E-state index in [2.05, 4.69) is 34.8 Å². The first-order valence-electron chi connectivity index (χ1n) is 6.26. The summed E-state index contributed by atoms with van der Waals surface area (Å²) < 4.78 is 6.83. The van der Waals surface area contributed by atoms with Gasteiger partial charge in [-0.1, -0.05) is 49.0 Å². The maximum Gasteiger partial charge on any atom is 0.198 e. The van der Waals surface area contributed by atoms with Crippen molar-refractivity contribution in [3.05, 3.63) is 28.6 Å². The van der Waals surface area contributed by atoms with Gasteiger partial charge in [-0.05, 0) is 24.6 Å². The zero-order valence-electron chi connectivity index (χ0n) is 10.4. The van der Waals surface area contributed by atoms with Crippen molar-refractivity contribution in [2.24, 2.45) is 0 Å². The third-order valence-corrected chi connectivity index (χ3v) is 3.52. The highest BCUT2D eigenvalue weighted by molar-refractivity contribution is 9.10. The minimum absolute atomic E-state index is 0.410. The zero-order valence-corrected chi connectivity index (χ0v) is 12.0. The summed E-state index contributed by atoms with van der Waals surface area (Å²) >= 11 is 3.45. The van der Waals surface area contributed by atoms with Crippen LogP contribution in [0.15, 0.2) is 27.1 Å². The highest BCUT2D eigenvalue weighted by atomic mass is 79.9. The number of aromatic nitrogens is 1. The van der Waals surface area contributed by atoms with Crippen LogP contribution in [0, 0.1) is 0 Å². The van der Waals surface area contributed by atoms with Crippen molar-refractivity contribution in [1.29, 1.82) is 0 Å². The Bertz CT molecular complexity index is 492. The first-order valence-corrected chi connectivity index (χ1v) is 7.06. The second kappa shape index (κ2) is 5.67. The van der Waals surface area contributed by atoms with Crippen molar-refractivity contribution in [1.82, 2.24) is 4.98 Å². The molecule has 0 spiro atoms. The van der Waals surface area contributed by atoms with E-state index in [1.165, 1.54) is 19.3 Å². The summed E-state index contributed by atoms with van der Waals surface area (Å²) in [5, 5.41) is 0. The first-order chi connectivity index (χ1) is 8.20. The van der Waals surface area contributed by atoms with E-state index in [1.54, 1.807) is 0 Å². The Hall–Kier alpha value is -0.830. The van der Waals surface area contributed by atoms with Crippen molar-refractivity contribution in [3.8, 4) is 0 Å². The number of unbranched alkanes of at least 4 members (excludes halogenated alkanes) is 2. The number of halogens is 1. The third-order valence-electron chi connectivity index (χ3n) is 3.03. The van der Waals surface area contributed by atoms with Crippen LogP contribution in [0.4, 0.5) is 0 Å². The maximum atomic E-state index is 5.78. The Morgan fingerprint density at radius 3 is 2.94 bits per heavy atom. The minimum atomic E-state index is 0.410. The highest BCUT2D eigenvalue weighted by Crippen LogP contribution is 2.26. The molecule has 1 heterocycles. The fraction of sp³-hybridized carbons (Fsp3) is 0.500. The molecule has 2 rings (SSSR count). The van der Waals surface area contributed by atoms with Crippen molar-refractivity contribution >= 4 is 27.0 Å². The van der Waals surface area contributed by atoms with Gasteiger partial charge in [0.1, 0.15) is 5.52 Å². The average molecular weight is 296 g/mol. The van der Waals surface area contributed by atoms with Gasteiger partial charge in [0.15, 0.2) is 11.5 Å². The van der Waals surface area contributed by atoms with Crippen LogP contribution >= 0.6 is 15.9 Å². The smallest absolute Gasteiger partial charge is 0.198 e. The number of fused-ring (bicyclic) bond motifs is 1. The summed E-state index contributed by atoms with van der Waals surface area (Å²) in [5.74, 6) is 1.28. The fourth-order valence-electron chi connectivity index (χ4n) is 1.95. The van der Waals surface area contributed by atoms with Crippen LogP contribution in [-0.2, 0) is 0 Å². The number of hydrogen-bond donors (Lipinski definition) is 0. The van der Waals surface area contributed by atoms with E-state index >= 15 is 0 Å². The maximum absolute atomic E-state index is 5.78. The molecule has 1 atom stereocenters. The normalized spacial score (nSPS) is 13.1. The lowest BCUT2D eigenvalue weighted by Gasteiger charge is -2.05. The molecule has 0 aliphatic heterocycles. The number of oxazole rings is 1. The molecule has 0 saturated heterocycles. The van der Waals surface area contributed by atoms with Crippen LogP contribution in [0.25, 0.3) is 11.1 Å². The molecule has 92 valence electrons. The Labute approximate surface area is 111 Å². The van der Waals surface area contributed by atoms with Gasteiger partial charge in [-0.3, -0.25) is 0 Å². The molecule has 2 aromatic rings. The summed E-state index contributed by atoms with van der Waals surface area (Å²) in [6.07, 6.45) is 4.95. The van der Waals surface area contributed by atoms with E-state index in [4.69, 9.17) is 4.42 Å². The first kappa shape index (κ1) is 12.6. The molecule has 0 aliphatic carbocycles. The molecular weight excluding hydrogens is 278 g/mol. The molecule has 2 nitrogen and oxygen atoms in total. The summed E-state index contributed by atoms with van der Waals surface area (Å²) in [6, 6.07) is 5.95. The van der Waals surface area contributed by atoms with Gasteiger partial charge in [0.25, 0.3) is 0 Å². The van der Waals surface area contributed by atoms with E-state index in [0.29, 0.717) is 5.92 Å². The van der Waals surface area contributed by atoms with Gasteiger partial charge >= 0.3 is 0 Å². The SMILES string of the molecule is CCCCCC(C)c1nc2cc(Br)ccc2o1. The fourth-order valence-corrected chi connectivity index (χ4v) is 2.30. The molecule has 0 bridgehead atoms. The summed E-state index contributed by atoms with van der Waals surface area (Å²) in [5.41, 5.74) is 1.82. The van der Waals surface area contributed by atoms with Gasteiger partial charge in [-0.2, -0.15) is 0 Å². The van der Waals surface area contributed by atoms with Crippen molar-refractivity contribution in [3.63, 3.8) is 0 Å². The van der Waals surface area contributed by atoms with Crippen LogP contribution in [-0.4, -0.2) is 4.98 Å². The number of rotatable bonds is 5. The summed E-state index contributed by atoms with van der Waals surface area (Å²) in [6.45, 7) is 4.41. The molecular formula is C14H18BrNO. The molecule has 1 aromatic heterocycles. The molecule has 0 amide bonds. The predicted octanol–water partition coefficient (Wildman–Crippen LogP) is 5.27. The standard InChI is InChI=1S/C14H18BrNO/c1-3-4-5-6-10(2)14-16-12-9-11(15)7-8-13(12)17-14/h7-10H,3-6H2,1-2H3. The lowest BCUT2D eigenvalue weighted by molar-refractivity contribution is 0.457. The lowest BCUT2D eigenvalue weighted by Crippen LogP contribution is -1.93. The molecule has 0 radical (unpaired) electrons. The molecule has 17 heavy (non-hydrogen) atoms. The van der Waals surface area contributed by atoms with E-state index in [1.807, 2.05) is 18.2 Å². The van der Waals surface area contributed by atoms with Gasteiger partial charge in [0, 0.05) is 10.4 Å². The quantitative estimate of drug-likeness (QED) is 0.702. The number of hydrogen-bond acceptors (Lipinski definition) is 2. The largest absolute Gasteiger partial charge is 0.440 e. The lowest BCUT2D eigenvalue weighted by atomic mass is 10.0. The van der Waals surface area contributed by atoms with E-state index in [-0.39, 0.29) is 0 Å². The van der Waals surface area contributed by atoms with Gasteiger partial charge < -0.3 is 4.42 Å². The monoisotopic (exact) mass is 295 g/mol. The Morgan fingerprint density at radius 2 is 2.18 bits per heavy atom. The van der Waals surface area contributed by atoms with Crippen LogP contribution in [0.3, 0.4) is 0 Å². The number of benzene rings is 1. The third kappa shape index (κ3) is 3.09. The van der Waals surface area contributed by atoms with Crippen LogP contribution in [0.2, 0.25) is 0 Å². The predicted molar refractivity (Wildman–Crippen MR) is 74.3 cm³/mol. The van der Waals surface area contributed by atoms with Crippen LogP contribution in [0.5, 0.6) is 0 Å². The molecule has 3 heteroatoms. The molecule has 1 unspecified atom stereocenters. The molecule has 0 aliphatic rings. The van der Waals surface area contributed by atoms with Crippen molar-refractivity contribution < 1.29 is 4.42 Å². The Kier molecular flexibility index (Phi) is 4.21. The van der Waals surface area contributed by atoms with Gasteiger partial charge in [0.05, 0.1) is 0 Å². The van der Waals surface area contributed by atoms with E-state index in [9.17, 15) is 0 Å². The minimum Gasteiger partial charge on any atom is -0.440 e. The summed E-state index contributed by atoms with van der Waals surface area (Å²) in [4.78, 5) is 4.56. The second-order valence-electron chi connectivity index (χ2n) is 4.56. The van der Waals surface area contributed by atoms with Crippen molar-refractivity contribution in [2.45, 2.75) is 45.4 Å². The average Bonchev–Trinajstić information content (AvgIpc) is 2.72. The van der Waals surface area contributed by atoms with Gasteiger partial charge in [0.2, 0.25) is 0 Å². The second-order valence-corrected chi connectivity index (χ2v) is 5.48. The number of nitrogens with zero attached hydrogens (tertiary/aromatic N) is 1. The Balaban J connectivity index is 2.12. The van der Waals surface area contributed by atoms with E-state index in [0.717, 1.165) is 27.9 Å². The van der Waals surface area contributed by atoms with Gasteiger partial charge in [-0.25, -0.2) is 4.98 Å². The highest BCUT2D eigenvalue weighted by Gasteiger charge is 2.13. The zero-order chi connectivity index (χ0) is 12.3. The van der Waals surface area contributed by atoms with E-state index < -0.39 is 0 Å². The van der Waals surface area contributed by atoms with Crippen LogP contribution < -0.4 is 0 Å². The van der Waals surface area contributed by atoms with Crippen LogP contribution in [0.1, 0.15) is 51.3 Å². The Morgan fingerprint density at radius 1 is 1.35 bits per heavy atom.